The molecule has 7 aromatic rings. The number of nitrogen functional groups attached to an aromatic ring is 1. The van der Waals surface area contributed by atoms with Gasteiger partial charge in [0, 0.05) is 23.6 Å². The SMILES string of the molecule is COc1ccc(COc2ccc(C(=O)N[C@H]3CCc4cc(-n5c(-c6cccnc6N)nc6ccc(-c7ccn[nH]7)nc65)ccc43)cc2C2OCCO2)cc1. The molecule has 0 spiro atoms. The smallest absolute Gasteiger partial charge is 0.251 e. The average molecular weight is 721 g/mol. The summed E-state index contributed by atoms with van der Waals surface area (Å²) < 4.78 is 25.2. The summed E-state index contributed by atoms with van der Waals surface area (Å²) in [5, 5.41) is 10.4. The Morgan fingerprint density at radius 3 is 2.63 bits per heavy atom. The van der Waals surface area contributed by atoms with E-state index in [0.29, 0.717) is 65.1 Å². The minimum absolute atomic E-state index is 0.173. The van der Waals surface area contributed by atoms with E-state index < -0.39 is 6.29 Å². The van der Waals surface area contributed by atoms with Gasteiger partial charge in [-0.15, -0.1) is 0 Å². The number of hydrogen-bond acceptors (Lipinski definition) is 10. The second-order valence-corrected chi connectivity index (χ2v) is 13.1. The number of H-pyrrole nitrogens is 1. The molecule has 2 aliphatic rings. The molecule has 0 unspecified atom stereocenters. The van der Waals surface area contributed by atoms with Crippen LogP contribution in [0.15, 0.2) is 103 Å². The number of amides is 1. The monoisotopic (exact) mass is 720 g/mol. The number of fused-ring (bicyclic) bond motifs is 2. The first-order valence-corrected chi connectivity index (χ1v) is 17.7. The Kier molecular flexibility index (Phi) is 8.69. The van der Waals surface area contributed by atoms with Crippen LogP contribution in [-0.2, 0) is 22.5 Å². The molecule has 0 radical (unpaired) electrons. The summed E-state index contributed by atoms with van der Waals surface area (Å²) in [4.78, 5) is 28.1. The molecule has 54 heavy (non-hydrogen) atoms. The summed E-state index contributed by atoms with van der Waals surface area (Å²) >= 11 is 0. The third kappa shape index (κ3) is 6.29. The van der Waals surface area contributed by atoms with Crippen molar-refractivity contribution in [2.75, 3.05) is 26.1 Å². The van der Waals surface area contributed by atoms with Gasteiger partial charge < -0.3 is 30.0 Å². The molecule has 0 saturated carbocycles. The van der Waals surface area contributed by atoms with Crippen molar-refractivity contribution < 1.29 is 23.7 Å². The zero-order valence-electron chi connectivity index (χ0n) is 29.4. The maximum Gasteiger partial charge on any atom is 0.251 e. The van der Waals surface area contributed by atoms with E-state index >= 15 is 0 Å². The van der Waals surface area contributed by atoms with Gasteiger partial charge in [0.05, 0.1) is 48.9 Å². The Morgan fingerprint density at radius 1 is 0.963 bits per heavy atom. The van der Waals surface area contributed by atoms with Crippen LogP contribution in [0.1, 0.15) is 51.4 Å². The van der Waals surface area contributed by atoms with E-state index in [4.69, 9.17) is 34.6 Å². The Bertz CT molecular complexity index is 2470. The summed E-state index contributed by atoms with van der Waals surface area (Å²) in [5.74, 6) is 2.19. The lowest BCUT2D eigenvalue weighted by Crippen LogP contribution is -2.27. The lowest BCUT2D eigenvalue weighted by atomic mass is 10.1. The summed E-state index contributed by atoms with van der Waals surface area (Å²) in [6, 6.07) is 28.6. The number of rotatable bonds is 10. The number of nitrogens with two attached hydrogens (primary N) is 1. The van der Waals surface area contributed by atoms with Crippen LogP contribution in [0.2, 0.25) is 0 Å². The first-order chi connectivity index (χ1) is 26.5. The molecule has 0 bridgehead atoms. The Morgan fingerprint density at radius 2 is 1.83 bits per heavy atom. The van der Waals surface area contributed by atoms with Gasteiger partial charge in [-0.2, -0.15) is 5.10 Å². The second-order valence-electron chi connectivity index (χ2n) is 13.1. The molecular weight excluding hydrogens is 685 g/mol. The molecule has 1 fully saturated rings. The molecule has 13 heteroatoms. The van der Waals surface area contributed by atoms with E-state index in [-0.39, 0.29) is 11.9 Å². The van der Waals surface area contributed by atoms with Crippen molar-refractivity contribution in [3.63, 3.8) is 0 Å². The molecule has 9 rings (SSSR count). The highest BCUT2D eigenvalue weighted by atomic mass is 16.7. The van der Waals surface area contributed by atoms with E-state index in [0.717, 1.165) is 52.4 Å². The number of nitrogens with one attached hydrogen (secondary N) is 2. The predicted molar refractivity (Wildman–Crippen MR) is 201 cm³/mol. The summed E-state index contributed by atoms with van der Waals surface area (Å²) in [7, 11) is 1.64. The van der Waals surface area contributed by atoms with Gasteiger partial charge >= 0.3 is 0 Å². The first-order valence-electron chi connectivity index (χ1n) is 17.7. The standard InChI is InChI=1S/C41H36N8O5/c1-51-28-9-4-24(5-10-28)23-54-36-15-7-26(22-31(36)41-52-19-20-53-41)40(50)47-32-12-6-25-21-27(8-11-29(25)32)49-38(30-3-2-17-43-37(30)42)46-35-14-13-33(45-39(35)49)34-16-18-44-48-34/h2-5,7-11,13-18,21-22,32,41H,6,12,19-20,23H2,1H3,(H2,42,43)(H,44,48)(H,47,50)/t32-/m0/s1. The predicted octanol–water partition coefficient (Wildman–Crippen LogP) is 6.51. The highest BCUT2D eigenvalue weighted by Crippen LogP contribution is 2.37. The van der Waals surface area contributed by atoms with Gasteiger partial charge in [0.25, 0.3) is 5.91 Å². The Labute approximate surface area is 310 Å². The number of hydrogen-bond donors (Lipinski definition) is 3. The van der Waals surface area contributed by atoms with Crippen LogP contribution in [0, 0.1) is 0 Å². The number of nitrogens with zero attached hydrogens (tertiary/aromatic N) is 5. The Hall–Kier alpha value is -6.57. The number of aromatic amines is 1. The number of pyridine rings is 2. The number of methoxy groups -OCH3 is 1. The van der Waals surface area contributed by atoms with E-state index in [1.54, 1.807) is 31.6 Å². The lowest BCUT2D eigenvalue weighted by Gasteiger charge is -2.19. The normalized spacial score (nSPS) is 15.4. The molecule has 4 aromatic heterocycles. The second kappa shape index (κ2) is 14.1. The molecule has 270 valence electrons. The van der Waals surface area contributed by atoms with Crippen molar-refractivity contribution in [3.8, 4) is 40.0 Å². The topological polar surface area (TPSA) is 164 Å². The molecule has 1 saturated heterocycles. The van der Waals surface area contributed by atoms with Crippen LogP contribution in [0.3, 0.4) is 0 Å². The Balaban J connectivity index is 0.993. The molecule has 3 aromatic carbocycles. The quantitative estimate of drug-likeness (QED) is 0.142. The van der Waals surface area contributed by atoms with Crippen molar-refractivity contribution in [2.45, 2.75) is 31.8 Å². The molecule has 1 atom stereocenters. The number of benzene rings is 3. The van der Waals surface area contributed by atoms with Crippen LogP contribution >= 0.6 is 0 Å². The molecule has 4 N–H and O–H groups in total. The zero-order chi connectivity index (χ0) is 36.6. The fourth-order valence-corrected chi connectivity index (χ4v) is 7.10. The van der Waals surface area contributed by atoms with E-state index in [1.165, 1.54) is 0 Å². The number of imidazole rings is 1. The van der Waals surface area contributed by atoms with Crippen molar-refractivity contribution >= 4 is 22.9 Å². The molecule has 5 heterocycles. The van der Waals surface area contributed by atoms with Crippen molar-refractivity contribution in [3.05, 3.63) is 131 Å². The largest absolute Gasteiger partial charge is 0.497 e. The van der Waals surface area contributed by atoms with E-state index in [1.807, 2.05) is 71.3 Å². The zero-order valence-corrected chi connectivity index (χ0v) is 29.4. The third-order valence-electron chi connectivity index (χ3n) is 9.83. The maximum absolute atomic E-state index is 13.8. The number of aryl methyl sites for hydroxylation is 1. The first kappa shape index (κ1) is 33.3. The van der Waals surface area contributed by atoms with Gasteiger partial charge in [-0.1, -0.05) is 18.2 Å². The minimum Gasteiger partial charge on any atom is -0.497 e. The molecule has 13 nitrogen and oxygen atoms in total. The molecular formula is C41H36N8O5. The lowest BCUT2D eigenvalue weighted by molar-refractivity contribution is -0.0459. The van der Waals surface area contributed by atoms with Gasteiger partial charge in [-0.05, 0) is 102 Å². The number of aromatic nitrogens is 6. The summed E-state index contributed by atoms with van der Waals surface area (Å²) in [5.41, 5.74) is 15.2. The van der Waals surface area contributed by atoms with E-state index in [2.05, 4.69) is 32.6 Å². The average Bonchev–Trinajstić information content (AvgIpc) is 4.05. The van der Waals surface area contributed by atoms with Crippen molar-refractivity contribution in [2.24, 2.45) is 0 Å². The van der Waals surface area contributed by atoms with Crippen LogP contribution in [0.4, 0.5) is 5.82 Å². The summed E-state index contributed by atoms with van der Waals surface area (Å²) in [6.45, 7) is 1.27. The fourth-order valence-electron chi connectivity index (χ4n) is 7.10. The van der Waals surface area contributed by atoms with Crippen LogP contribution in [0.25, 0.3) is 39.6 Å². The van der Waals surface area contributed by atoms with Gasteiger partial charge in [0.1, 0.15) is 29.4 Å². The van der Waals surface area contributed by atoms with Crippen LogP contribution < -0.4 is 20.5 Å². The third-order valence-corrected chi connectivity index (χ3v) is 9.83. The van der Waals surface area contributed by atoms with Gasteiger partial charge in [0.15, 0.2) is 17.8 Å². The number of carbonyl (C=O) groups is 1. The summed E-state index contributed by atoms with van der Waals surface area (Å²) in [6.07, 6.45) is 4.27. The van der Waals surface area contributed by atoms with Crippen molar-refractivity contribution in [1.29, 1.82) is 0 Å². The molecule has 1 amide bonds. The van der Waals surface area contributed by atoms with Crippen molar-refractivity contribution in [1.82, 2.24) is 35.0 Å². The van der Waals surface area contributed by atoms with Gasteiger partial charge in [-0.25, -0.2) is 15.0 Å². The highest BCUT2D eigenvalue weighted by Gasteiger charge is 2.28. The number of ether oxygens (including phenoxy) is 4. The fraction of sp³-hybridized carbons (Fsp3) is 0.195. The molecule has 1 aliphatic carbocycles. The molecule has 1 aliphatic heterocycles. The van der Waals surface area contributed by atoms with Crippen LogP contribution in [0.5, 0.6) is 11.5 Å². The van der Waals surface area contributed by atoms with E-state index in [9.17, 15) is 4.79 Å². The number of carbonyl (C=O) groups excluding carboxylic acids is 1. The van der Waals surface area contributed by atoms with Gasteiger partial charge in [0.2, 0.25) is 0 Å². The van der Waals surface area contributed by atoms with Gasteiger partial charge in [-0.3, -0.25) is 14.5 Å². The highest BCUT2D eigenvalue weighted by molar-refractivity contribution is 5.95. The number of anilines is 1. The van der Waals surface area contributed by atoms with Crippen LogP contribution in [-0.4, -0.2) is 55.9 Å². The maximum atomic E-state index is 13.8. The minimum atomic E-state index is -0.620.